The van der Waals surface area contributed by atoms with Crippen LogP contribution in [-0.2, 0) is 0 Å². The zero-order valence-corrected chi connectivity index (χ0v) is 12.7. The van der Waals surface area contributed by atoms with Crippen LogP contribution < -0.4 is 5.73 Å². The highest BCUT2D eigenvalue weighted by Gasteiger charge is 2.27. The van der Waals surface area contributed by atoms with Crippen molar-refractivity contribution in [3.05, 3.63) is 34.9 Å². The van der Waals surface area contributed by atoms with E-state index in [1.807, 2.05) is 12.1 Å². The second-order valence-electron chi connectivity index (χ2n) is 5.74. The predicted octanol–water partition coefficient (Wildman–Crippen LogP) is 3.85. The van der Waals surface area contributed by atoms with Crippen LogP contribution in [0.5, 0.6) is 0 Å². The molecule has 0 aromatic heterocycles. The summed E-state index contributed by atoms with van der Waals surface area (Å²) in [6, 6.07) is 8.61. The Labute approximate surface area is 121 Å². The number of rotatable bonds is 4. The maximum absolute atomic E-state index is 6.23. The average Bonchev–Trinajstić information content (AvgIpc) is 2.42. The van der Waals surface area contributed by atoms with E-state index >= 15 is 0 Å². The number of piperidine rings is 1. The lowest BCUT2D eigenvalue weighted by Crippen LogP contribution is -2.43. The zero-order valence-electron chi connectivity index (χ0n) is 12.0. The predicted molar refractivity (Wildman–Crippen MR) is 82.4 cm³/mol. The summed E-state index contributed by atoms with van der Waals surface area (Å²) in [6.07, 6.45) is 3.90. The average molecular weight is 281 g/mol. The minimum Gasteiger partial charge on any atom is -0.326 e. The van der Waals surface area contributed by atoms with E-state index in [0.717, 1.165) is 24.0 Å². The van der Waals surface area contributed by atoms with Crippen molar-refractivity contribution in [1.29, 1.82) is 0 Å². The second-order valence-corrected chi connectivity index (χ2v) is 6.18. The largest absolute Gasteiger partial charge is 0.326 e. The Hall–Kier alpha value is -0.570. The molecule has 1 saturated heterocycles. The molecule has 2 unspecified atom stereocenters. The van der Waals surface area contributed by atoms with E-state index in [1.54, 1.807) is 0 Å². The molecule has 3 heteroatoms. The van der Waals surface area contributed by atoms with Crippen LogP contribution in [0.1, 0.15) is 44.7 Å². The molecule has 0 radical (unpaired) electrons. The van der Waals surface area contributed by atoms with E-state index in [9.17, 15) is 0 Å². The molecule has 106 valence electrons. The molecule has 0 saturated carbocycles. The number of nitrogens with two attached hydrogens (primary N) is 1. The van der Waals surface area contributed by atoms with Crippen LogP contribution in [0.25, 0.3) is 0 Å². The first-order valence-corrected chi connectivity index (χ1v) is 7.74. The minimum atomic E-state index is 0.138. The van der Waals surface area contributed by atoms with Gasteiger partial charge in [0.05, 0.1) is 0 Å². The molecule has 0 aliphatic carbocycles. The van der Waals surface area contributed by atoms with Crippen LogP contribution >= 0.6 is 11.6 Å². The molecule has 0 spiro atoms. The molecule has 2 atom stereocenters. The topological polar surface area (TPSA) is 29.3 Å². The minimum absolute atomic E-state index is 0.138. The van der Waals surface area contributed by atoms with Gasteiger partial charge in [0.2, 0.25) is 0 Å². The lowest BCUT2D eigenvalue weighted by atomic mass is 9.91. The summed E-state index contributed by atoms with van der Waals surface area (Å²) in [4.78, 5) is 2.54. The number of benzene rings is 1. The van der Waals surface area contributed by atoms with Crippen molar-refractivity contribution in [2.75, 3.05) is 13.1 Å². The first-order chi connectivity index (χ1) is 9.11. The van der Waals surface area contributed by atoms with E-state index < -0.39 is 0 Å². The zero-order chi connectivity index (χ0) is 13.8. The molecule has 0 bridgehead atoms. The molecule has 1 aromatic rings. The Bertz CT molecular complexity index is 380. The number of likely N-dealkylation sites (tertiary alicyclic amines) is 1. The van der Waals surface area contributed by atoms with Crippen LogP contribution in [0, 0.1) is 5.92 Å². The van der Waals surface area contributed by atoms with Crippen LogP contribution in [0.15, 0.2) is 24.3 Å². The fourth-order valence-electron chi connectivity index (χ4n) is 3.15. The van der Waals surface area contributed by atoms with Crippen molar-refractivity contribution >= 4 is 11.6 Å². The van der Waals surface area contributed by atoms with Crippen molar-refractivity contribution in [2.24, 2.45) is 11.7 Å². The summed E-state index contributed by atoms with van der Waals surface area (Å²) in [5.41, 5.74) is 7.52. The van der Waals surface area contributed by atoms with Crippen molar-refractivity contribution < 1.29 is 0 Å². The monoisotopic (exact) mass is 280 g/mol. The molecule has 2 N–H and O–H groups in total. The highest BCUT2D eigenvalue weighted by Crippen LogP contribution is 2.30. The third-order valence-corrected chi connectivity index (χ3v) is 4.58. The van der Waals surface area contributed by atoms with Gasteiger partial charge in [-0.05, 0) is 56.5 Å². The molecule has 19 heavy (non-hydrogen) atoms. The molecule has 1 aliphatic heterocycles. The third-order valence-electron chi connectivity index (χ3n) is 4.33. The SMILES string of the molecule is CCC1CCN(C(c2ccc(Cl)cc2)C(C)N)CC1. The Kier molecular flexibility index (Phi) is 5.26. The smallest absolute Gasteiger partial charge is 0.0496 e. The van der Waals surface area contributed by atoms with E-state index in [4.69, 9.17) is 17.3 Å². The van der Waals surface area contributed by atoms with Crippen molar-refractivity contribution in [3.8, 4) is 0 Å². The molecule has 2 rings (SSSR count). The number of hydrogen-bond acceptors (Lipinski definition) is 2. The standard InChI is InChI=1S/C16H25ClN2/c1-3-13-8-10-19(11-9-13)16(12(2)18)14-4-6-15(17)7-5-14/h4-7,12-13,16H,3,8-11,18H2,1-2H3. The van der Waals surface area contributed by atoms with E-state index in [2.05, 4.69) is 30.9 Å². The fraction of sp³-hybridized carbons (Fsp3) is 0.625. The quantitative estimate of drug-likeness (QED) is 0.908. The summed E-state index contributed by atoms with van der Waals surface area (Å²) in [5.74, 6) is 0.898. The van der Waals surface area contributed by atoms with Crippen LogP contribution in [0.3, 0.4) is 0 Å². The highest BCUT2D eigenvalue weighted by atomic mass is 35.5. The summed E-state index contributed by atoms with van der Waals surface area (Å²) in [7, 11) is 0. The number of nitrogens with zero attached hydrogens (tertiary/aromatic N) is 1. The normalized spacial score (nSPS) is 21.3. The summed E-state index contributed by atoms with van der Waals surface area (Å²) in [5, 5.41) is 0.789. The van der Waals surface area contributed by atoms with Gasteiger partial charge < -0.3 is 5.73 Å². The van der Waals surface area contributed by atoms with Gasteiger partial charge in [0.15, 0.2) is 0 Å². The van der Waals surface area contributed by atoms with Gasteiger partial charge in [-0.15, -0.1) is 0 Å². The molecule has 1 heterocycles. The van der Waals surface area contributed by atoms with Crippen LogP contribution in [0.4, 0.5) is 0 Å². The third kappa shape index (κ3) is 3.71. The molecular formula is C16H25ClN2. The van der Waals surface area contributed by atoms with Crippen molar-refractivity contribution in [2.45, 2.75) is 45.2 Å². The van der Waals surface area contributed by atoms with Gasteiger partial charge in [0, 0.05) is 17.1 Å². The number of halogens is 1. The molecule has 1 fully saturated rings. The Morgan fingerprint density at radius 2 is 1.84 bits per heavy atom. The maximum Gasteiger partial charge on any atom is 0.0496 e. The molecule has 2 nitrogen and oxygen atoms in total. The maximum atomic E-state index is 6.23. The summed E-state index contributed by atoms with van der Waals surface area (Å²) >= 11 is 5.97. The lowest BCUT2D eigenvalue weighted by molar-refractivity contribution is 0.117. The van der Waals surface area contributed by atoms with Crippen LogP contribution in [0.2, 0.25) is 5.02 Å². The van der Waals surface area contributed by atoms with Crippen molar-refractivity contribution in [3.63, 3.8) is 0 Å². The molecule has 0 amide bonds. The summed E-state index contributed by atoms with van der Waals surface area (Å²) < 4.78 is 0. The van der Waals surface area contributed by atoms with Gasteiger partial charge in [0.1, 0.15) is 0 Å². The van der Waals surface area contributed by atoms with Gasteiger partial charge in [-0.2, -0.15) is 0 Å². The van der Waals surface area contributed by atoms with E-state index in [0.29, 0.717) is 6.04 Å². The first kappa shape index (κ1) is 14.8. The van der Waals surface area contributed by atoms with Gasteiger partial charge in [-0.3, -0.25) is 4.90 Å². The van der Waals surface area contributed by atoms with E-state index in [1.165, 1.54) is 24.8 Å². The molecular weight excluding hydrogens is 256 g/mol. The Balaban J connectivity index is 2.10. The Morgan fingerprint density at radius 3 is 2.32 bits per heavy atom. The van der Waals surface area contributed by atoms with E-state index in [-0.39, 0.29) is 6.04 Å². The van der Waals surface area contributed by atoms with Crippen LogP contribution in [-0.4, -0.2) is 24.0 Å². The van der Waals surface area contributed by atoms with Crippen molar-refractivity contribution in [1.82, 2.24) is 4.90 Å². The number of hydrogen-bond donors (Lipinski definition) is 1. The Morgan fingerprint density at radius 1 is 1.26 bits per heavy atom. The van der Waals surface area contributed by atoms with Gasteiger partial charge in [-0.1, -0.05) is 37.1 Å². The van der Waals surface area contributed by atoms with Gasteiger partial charge in [0.25, 0.3) is 0 Å². The fourth-order valence-corrected chi connectivity index (χ4v) is 3.27. The highest BCUT2D eigenvalue weighted by molar-refractivity contribution is 6.30. The lowest BCUT2D eigenvalue weighted by Gasteiger charge is -2.39. The van der Waals surface area contributed by atoms with Gasteiger partial charge >= 0.3 is 0 Å². The second kappa shape index (κ2) is 6.74. The summed E-state index contributed by atoms with van der Waals surface area (Å²) in [6.45, 7) is 6.72. The van der Waals surface area contributed by atoms with Gasteiger partial charge in [-0.25, -0.2) is 0 Å². The molecule has 1 aliphatic rings. The first-order valence-electron chi connectivity index (χ1n) is 7.37. The molecule has 1 aromatic carbocycles.